The van der Waals surface area contributed by atoms with Crippen LogP contribution in [-0.4, -0.2) is 72.6 Å². The van der Waals surface area contributed by atoms with Crippen molar-refractivity contribution in [3.05, 3.63) is 71.3 Å². The molecular weight excluding hydrogens is 628 g/mol. The minimum atomic E-state index is -1.04. The van der Waals surface area contributed by atoms with Crippen LogP contribution in [0.2, 0.25) is 0 Å². The number of amides is 4. The van der Waals surface area contributed by atoms with Crippen molar-refractivity contribution in [3.63, 3.8) is 0 Å². The maximum atomic E-state index is 13.6. The van der Waals surface area contributed by atoms with Gasteiger partial charge in [0.15, 0.2) is 11.9 Å². The van der Waals surface area contributed by atoms with E-state index in [0.717, 1.165) is 11.1 Å². The largest absolute Gasteiger partial charge is 0.384 e. The number of carbonyl (C=O) groups is 4. The third kappa shape index (κ3) is 15.2. The minimum Gasteiger partial charge on any atom is -0.384 e. The van der Waals surface area contributed by atoms with Gasteiger partial charge in [0.2, 0.25) is 23.6 Å². The number of rotatable bonds is 20. The standard InChI is InChI=1S/C33H50N12O4/c1-20(2)27(45-30(48)25(11-7-17-41-33(38)39)43-26(46)18-21-8-4-3-5-9-21)31(49)44-24(10-6-16-40-32(36)37)29(47)42-19-22-12-14-23(15-13-22)28(34)35/h3-5,8-9,12-15,20,24-25,27H,6-7,10-11,16-19H2,1-2H3,(H3,34,35)(H,42,47)(H,43,46)(H,44,49)(H,45,48)(H4,36,37,40)(H4,38,39,41)/t24?,25-,27-/m0/s1. The topological polar surface area (TPSA) is 290 Å². The minimum absolute atomic E-state index is 0.0561. The summed E-state index contributed by atoms with van der Waals surface area (Å²) in [5, 5.41) is 38.7. The number of nitrogen functional groups attached to an aromatic ring is 1. The lowest BCUT2D eigenvalue weighted by Crippen LogP contribution is -2.58. The van der Waals surface area contributed by atoms with Crippen LogP contribution in [-0.2, 0) is 32.1 Å². The molecule has 0 aromatic heterocycles. The Kier molecular flexibility index (Phi) is 16.6. The molecule has 0 aliphatic heterocycles. The van der Waals surface area contributed by atoms with Crippen LogP contribution in [0.5, 0.6) is 0 Å². The second-order valence-corrected chi connectivity index (χ2v) is 11.9. The summed E-state index contributed by atoms with van der Waals surface area (Å²) < 4.78 is 0. The fourth-order valence-electron chi connectivity index (χ4n) is 4.79. The average molecular weight is 679 g/mol. The second-order valence-electron chi connectivity index (χ2n) is 11.9. The zero-order chi connectivity index (χ0) is 36.3. The summed E-state index contributed by atoms with van der Waals surface area (Å²) in [6, 6.07) is 12.9. The molecule has 0 saturated carbocycles. The molecule has 2 aromatic carbocycles. The third-order valence-electron chi connectivity index (χ3n) is 7.44. The smallest absolute Gasteiger partial charge is 0.243 e. The summed E-state index contributed by atoms with van der Waals surface area (Å²) in [6.45, 7) is 4.26. The lowest BCUT2D eigenvalue weighted by molar-refractivity contribution is -0.134. The van der Waals surface area contributed by atoms with E-state index in [9.17, 15) is 19.2 Å². The number of amidine groups is 1. The van der Waals surface area contributed by atoms with Gasteiger partial charge in [0.25, 0.3) is 0 Å². The molecule has 0 fully saturated rings. The molecule has 4 amide bonds. The van der Waals surface area contributed by atoms with E-state index in [-0.39, 0.29) is 55.4 Å². The molecule has 2 aromatic rings. The molecule has 3 atom stereocenters. The van der Waals surface area contributed by atoms with Gasteiger partial charge in [-0.2, -0.15) is 0 Å². The number of nitrogens with two attached hydrogens (primary N) is 3. The Bertz CT molecular complexity index is 1430. The van der Waals surface area contributed by atoms with Crippen LogP contribution >= 0.6 is 0 Å². The highest BCUT2D eigenvalue weighted by molar-refractivity contribution is 5.95. The first-order valence-electron chi connectivity index (χ1n) is 16.1. The molecule has 2 rings (SSSR count). The van der Waals surface area contributed by atoms with Gasteiger partial charge >= 0.3 is 0 Å². The average Bonchev–Trinajstić information content (AvgIpc) is 3.05. The Morgan fingerprint density at radius 2 is 1.20 bits per heavy atom. The maximum Gasteiger partial charge on any atom is 0.243 e. The molecule has 0 spiro atoms. The van der Waals surface area contributed by atoms with Crippen molar-refractivity contribution in [1.82, 2.24) is 31.9 Å². The van der Waals surface area contributed by atoms with E-state index >= 15 is 0 Å². The van der Waals surface area contributed by atoms with Crippen molar-refractivity contribution in [3.8, 4) is 0 Å². The molecule has 15 N–H and O–H groups in total. The molecule has 0 saturated heterocycles. The molecule has 16 nitrogen and oxygen atoms in total. The summed E-state index contributed by atoms with van der Waals surface area (Å²) in [6.07, 6.45) is 1.27. The van der Waals surface area contributed by atoms with Gasteiger partial charge in [-0.05, 0) is 42.7 Å². The summed E-state index contributed by atoms with van der Waals surface area (Å²) in [5.74, 6) is -2.87. The third-order valence-corrected chi connectivity index (χ3v) is 7.44. The lowest BCUT2D eigenvalue weighted by Gasteiger charge is -2.27. The summed E-state index contributed by atoms with van der Waals surface area (Å²) in [7, 11) is 0. The van der Waals surface area contributed by atoms with Crippen molar-refractivity contribution in [1.29, 1.82) is 16.2 Å². The van der Waals surface area contributed by atoms with Gasteiger partial charge in [-0.15, -0.1) is 0 Å². The van der Waals surface area contributed by atoms with Gasteiger partial charge in [-0.3, -0.25) is 35.4 Å². The highest BCUT2D eigenvalue weighted by Crippen LogP contribution is 2.09. The number of benzene rings is 2. The first-order chi connectivity index (χ1) is 23.3. The molecule has 0 bridgehead atoms. The normalized spacial score (nSPS) is 12.5. The number of nitrogens with one attached hydrogen (secondary N) is 9. The van der Waals surface area contributed by atoms with E-state index in [2.05, 4.69) is 31.9 Å². The van der Waals surface area contributed by atoms with Gasteiger partial charge in [-0.1, -0.05) is 68.4 Å². The van der Waals surface area contributed by atoms with Crippen LogP contribution in [0, 0.1) is 22.1 Å². The van der Waals surface area contributed by atoms with Crippen LogP contribution in [0.4, 0.5) is 0 Å². The van der Waals surface area contributed by atoms with E-state index < -0.39 is 35.8 Å². The predicted octanol–water partition coefficient (Wildman–Crippen LogP) is -0.533. The second kappa shape index (κ2) is 20.5. The first kappa shape index (κ1) is 39.5. The van der Waals surface area contributed by atoms with Crippen molar-refractivity contribution >= 4 is 41.4 Å². The number of hydrogen-bond acceptors (Lipinski definition) is 7. The predicted molar refractivity (Wildman–Crippen MR) is 188 cm³/mol. The van der Waals surface area contributed by atoms with Crippen LogP contribution in [0.15, 0.2) is 54.6 Å². The Morgan fingerprint density at radius 1 is 0.653 bits per heavy atom. The first-order valence-corrected chi connectivity index (χ1v) is 16.1. The van der Waals surface area contributed by atoms with Gasteiger partial charge in [0, 0.05) is 25.2 Å². The van der Waals surface area contributed by atoms with E-state index in [1.165, 1.54) is 0 Å². The van der Waals surface area contributed by atoms with Crippen LogP contribution in [0.25, 0.3) is 0 Å². The molecule has 0 aliphatic rings. The lowest BCUT2D eigenvalue weighted by atomic mass is 10.0. The van der Waals surface area contributed by atoms with E-state index in [0.29, 0.717) is 31.5 Å². The Hall–Kier alpha value is -5.67. The van der Waals surface area contributed by atoms with Crippen molar-refractivity contribution in [2.75, 3.05) is 13.1 Å². The Labute approximate surface area is 286 Å². The zero-order valence-electron chi connectivity index (χ0n) is 28.0. The van der Waals surface area contributed by atoms with E-state index in [1.54, 1.807) is 50.2 Å². The van der Waals surface area contributed by atoms with Gasteiger partial charge in [-0.25, -0.2) is 0 Å². The quantitative estimate of drug-likeness (QED) is 0.0486. The highest BCUT2D eigenvalue weighted by atomic mass is 16.2. The number of hydrogen-bond donors (Lipinski definition) is 12. The monoisotopic (exact) mass is 678 g/mol. The van der Waals surface area contributed by atoms with Gasteiger partial charge < -0.3 is 49.1 Å². The Balaban J connectivity index is 2.15. The highest BCUT2D eigenvalue weighted by Gasteiger charge is 2.31. The van der Waals surface area contributed by atoms with Crippen LogP contribution < -0.4 is 49.1 Å². The fourth-order valence-corrected chi connectivity index (χ4v) is 4.79. The van der Waals surface area contributed by atoms with Gasteiger partial charge in [0.1, 0.15) is 24.0 Å². The zero-order valence-corrected chi connectivity index (χ0v) is 28.0. The summed E-state index contributed by atoms with van der Waals surface area (Å²) >= 11 is 0. The van der Waals surface area contributed by atoms with Crippen LogP contribution in [0.1, 0.15) is 56.2 Å². The van der Waals surface area contributed by atoms with Crippen molar-refractivity contribution in [2.24, 2.45) is 23.1 Å². The van der Waals surface area contributed by atoms with Crippen molar-refractivity contribution in [2.45, 2.75) is 70.6 Å². The fraction of sp³-hybridized carbons (Fsp3) is 0.424. The molecule has 0 heterocycles. The maximum absolute atomic E-state index is 13.6. The summed E-state index contributed by atoms with van der Waals surface area (Å²) in [4.78, 5) is 53.4. The van der Waals surface area contributed by atoms with Gasteiger partial charge in [0.05, 0.1) is 6.42 Å². The number of guanidine groups is 2. The molecule has 1 unspecified atom stereocenters. The van der Waals surface area contributed by atoms with Crippen LogP contribution in [0.3, 0.4) is 0 Å². The summed E-state index contributed by atoms with van der Waals surface area (Å²) in [5.41, 5.74) is 18.3. The molecular formula is C33H50N12O4. The van der Waals surface area contributed by atoms with Crippen molar-refractivity contribution < 1.29 is 19.2 Å². The molecule has 0 aliphatic carbocycles. The molecule has 16 heteroatoms. The molecule has 266 valence electrons. The molecule has 49 heavy (non-hydrogen) atoms. The van der Waals surface area contributed by atoms with E-state index in [1.807, 2.05) is 18.2 Å². The molecule has 0 radical (unpaired) electrons. The van der Waals surface area contributed by atoms with E-state index in [4.69, 9.17) is 33.4 Å². The number of carbonyl (C=O) groups excluding carboxylic acids is 4. The Morgan fingerprint density at radius 3 is 1.71 bits per heavy atom. The SMILES string of the molecule is CC(C)[C@H](NC(=O)[C@H](CCCNC(=N)N)NC(=O)Cc1ccccc1)C(=O)NC(CCCNC(=N)N)C(=O)NCc1ccc(C(=N)N)cc1.